The van der Waals surface area contributed by atoms with Crippen molar-refractivity contribution in [3.8, 4) is 11.5 Å². The molecule has 0 unspecified atom stereocenters. The van der Waals surface area contributed by atoms with Crippen LogP contribution in [0.1, 0.15) is 11.1 Å². The van der Waals surface area contributed by atoms with Crippen molar-refractivity contribution in [2.75, 3.05) is 24.2 Å². The van der Waals surface area contributed by atoms with Crippen molar-refractivity contribution < 1.29 is 22.7 Å². The lowest BCUT2D eigenvalue weighted by Gasteiger charge is -2.22. The SMILES string of the molecule is COc1cc(/C=N\NC(=O)CN(c2ccccc2Cl)S(C)(=O)=O)cc(Br)c1OCc1ccccc1. The summed E-state index contributed by atoms with van der Waals surface area (Å²) in [6.45, 7) is -0.124. The van der Waals surface area contributed by atoms with Gasteiger partial charge in [-0.15, -0.1) is 0 Å². The van der Waals surface area contributed by atoms with E-state index >= 15 is 0 Å². The van der Waals surface area contributed by atoms with Crippen molar-refractivity contribution >= 4 is 55.4 Å². The lowest BCUT2D eigenvalue weighted by atomic mass is 10.2. The highest BCUT2D eigenvalue weighted by Crippen LogP contribution is 2.37. The Bertz CT molecular complexity index is 1320. The summed E-state index contributed by atoms with van der Waals surface area (Å²) in [5.41, 5.74) is 4.17. The molecule has 184 valence electrons. The highest BCUT2D eigenvalue weighted by molar-refractivity contribution is 9.10. The molecule has 0 aliphatic heterocycles. The predicted octanol–water partition coefficient (Wildman–Crippen LogP) is 4.61. The minimum Gasteiger partial charge on any atom is -0.493 e. The van der Waals surface area contributed by atoms with Crippen LogP contribution in [0.2, 0.25) is 5.02 Å². The number of rotatable bonds is 10. The molecule has 0 aliphatic carbocycles. The Balaban J connectivity index is 1.68. The molecule has 8 nitrogen and oxygen atoms in total. The van der Waals surface area contributed by atoms with E-state index in [0.29, 0.717) is 28.1 Å². The number of hydrazone groups is 1. The molecule has 0 radical (unpaired) electrons. The van der Waals surface area contributed by atoms with E-state index in [1.165, 1.54) is 19.4 Å². The van der Waals surface area contributed by atoms with Crippen LogP contribution in [0.4, 0.5) is 5.69 Å². The van der Waals surface area contributed by atoms with Crippen molar-refractivity contribution in [2.24, 2.45) is 5.10 Å². The van der Waals surface area contributed by atoms with Crippen LogP contribution in [0.3, 0.4) is 0 Å². The summed E-state index contributed by atoms with van der Waals surface area (Å²) in [5, 5.41) is 4.15. The number of nitrogens with one attached hydrogen (secondary N) is 1. The number of methoxy groups -OCH3 is 1. The van der Waals surface area contributed by atoms with Crippen LogP contribution in [-0.2, 0) is 21.4 Å². The smallest absolute Gasteiger partial charge is 0.260 e. The molecule has 0 fully saturated rings. The lowest BCUT2D eigenvalue weighted by molar-refractivity contribution is -0.119. The largest absolute Gasteiger partial charge is 0.493 e. The third-order valence-electron chi connectivity index (χ3n) is 4.69. The molecular weight excluding hydrogens is 558 g/mol. The third kappa shape index (κ3) is 7.45. The second kappa shape index (κ2) is 12.1. The number of amides is 1. The summed E-state index contributed by atoms with van der Waals surface area (Å²) < 4.78 is 37.3. The van der Waals surface area contributed by atoms with E-state index in [1.807, 2.05) is 30.3 Å². The number of ether oxygens (including phenoxy) is 2. The molecule has 0 heterocycles. The number of carbonyl (C=O) groups excluding carboxylic acids is 1. The summed E-state index contributed by atoms with van der Waals surface area (Å²) in [5.74, 6) is 0.367. The van der Waals surface area contributed by atoms with Crippen LogP contribution in [0.15, 0.2) is 76.3 Å². The Labute approximate surface area is 217 Å². The lowest BCUT2D eigenvalue weighted by Crippen LogP contribution is -2.39. The third-order valence-corrected chi connectivity index (χ3v) is 6.72. The van der Waals surface area contributed by atoms with Crippen LogP contribution in [0.5, 0.6) is 11.5 Å². The average Bonchev–Trinajstić information content (AvgIpc) is 2.82. The van der Waals surface area contributed by atoms with E-state index in [9.17, 15) is 13.2 Å². The maximum absolute atomic E-state index is 12.4. The van der Waals surface area contributed by atoms with E-state index in [2.05, 4.69) is 26.5 Å². The highest BCUT2D eigenvalue weighted by atomic mass is 79.9. The number of halogens is 2. The predicted molar refractivity (Wildman–Crippen MR) is 141 cm³/mol. The molecule has 3 rings (SSSR count). The number of benzene rings is 3. The fraction of sp³-hybridized carbons (Fsp3) is 0.167. The Hall–Kier alpha value is -3.08. The molecule has 0 saturated heterocycles. The summed E-state index contributed by atoms with van der Waals surface area (Å²) in [6.07, 6.45) is 2.41. The molecule has 0 aliphatic rings. The zero-order chi connectivity index (χ0) is 25.4. The van der Waals surface area contributed by atoms with Gasteiger partial charge in [-0.3, -0.25) is 9.10 Å². The number of sulfonamides is 1. The van der Waals surface area contributed by atoms with Gasteiger partial charge in [0.15, 0.2) is 11.5 Å². The average molecular weight is 581 g/mol. The maximum Gasteiger partial charge on any atom is 0.260 e. The van der Waals surface area contributed by atoms with E-state index in [1.54, 1.807) is 30.3 Å². The molecule has 0 aromatic heterocycles. The first-order valence-corrected chi connectivity index (χ1v) is 13.3. The molecule has 11 heteroatoms. The first-order chi connectivity index (χ1) is 16.7. The second-order valence-electron chi connectivity index (χ2n) is 7.32. The standard InChI is InChI=1S/C24H23BrClN3O5S/c1-33-22-13-18(12-19(25)24(22)34-16-17-8-4-3-5-9-17)14-27-28-23(30)15-29(35(2,31)32)21-11-7-6-10-20(21)26/h3-14H,15-16H2,1-2H3,(H,28,30)/b27-14-. The maximum atomic E-state index is 12.4. The van der Waals surface area contributed by atoms with Crippen LogP contribution in [0, 0.1) is 0 Å². The second-order valence-corrected chi connectivity index (χ2v) is 10.5. The fourth-order valence-electron chi connectivity index (χ4n) is 3.06. The minimum atomic E-state index is -3.76. The van der Waals surface area contributed by atoms with Gasteiger partial charge in [0.25, 0.3) is 5.91 Å². The van der Waals surface area contributed by atoms with Gasteiger partial charge >= 0.3 is 0 Å². The van der Waals surface area contributed by atoms with Gasteiger partial charge in [0.05, 0.1) is 34.8 Å². The number of para-hydroxylation sites is 1. The van der Waals surface area contributed by atoms with Gasteiger partial charge in [0.2, 0.25) is 10.0 Å². The molecule has 0 atom stereocenters. The number of hydrogen-bond donors (Lipinski definition) is 1. The fourth-order valence-corrected chi connectivity index (χ4v) is 4.79. The topological polar surface area (TPSA) is 97.3 Å². The number of carbonyl (C=O) groups is 1. The van der Waals surface area contributed by atoms with E-state index in [0.717, 1.165) is 16.1 Å². The molecule has 1 amide bonds. The molecule has 1 N–H and O–H groups in total. The zero-order valence-corrected chi connectivity index (χ0v) is 22.1. The van der Waals surface area contributed by atoms with Gasteiger partial charge in [0, 0.05) is 0 Å². The van der Waals surface area contributed by atoms with Crippen molar-refractivity contribution in [1.29, 1.82) is 0 Å². The van der Waals surface area contributed by atoms with Crippen molar-refractivity contribution in [2.45, 2.75) is 6.61 Å². The molecule has 3 aromatic rings. The van der Waals surface area contributed by atoms with Crippen molar-refractivity contribution in [3.63, 3.8) is 0 Å². The molecule has 35 heavy (non-hydrogen) atoms. The van der Waals surface area contributed by atoms with Gasteiger partial charge < -0.3 is 9.47 Å². The monoisotopic (exact) mass is 579 g/mol. The zero-order valence-electron chi connectivity index (χ0n) is 18.9. The Morgan fingerprint density at radius 1 is 1.14 bits per heavy atom. The number of anilines is 1. The first kappa shape index (κ1) is 26.5. The van der Waals surface area contributed by atoms with E-state index < -0.39 is 22.5 Å². The molecule has 0 spiro atoms. The van der Waals surface area contributed by atoms with Crippen LogP contribution in [-0.4, -0.2) is 40.4 Å². The quantitative estimate of drug-likeness (QED) is 0.279. The molecule has 0 saturated carbocycles. The van der Waals surface area contributed by atoms with Gasteiger partial charge in [-0.2, -0.15) is 5.10 Å². The van der Waals surface area contributed by atoms with Gasteiger partial charge in [-0.05, 0) is 51.3 Å². The van der Waals surface area contributed by atoms with Gasteiger partial charge in [-0.1, -0.05) is 54.1 Å². The highest BCUT2D eigenvalue weighted by Gasteiger charge is 2.22. The van der Waals surface area contributed by atoms with Gasteiger partial charge in [-0.25, -0.2) is 13.8 Å². The molecular formula is C24H23BrClN3O5S. The van der Waals surface area contributed by atoms with Crippen molar-refractivity contribution in [3.05, 3.63) is 87.4 Å². The molecule has 3 aromatic carbocycles. The Morgan fingerprint density at radius 3 is 2.49 bits per heavy atom. The number of nitrogens with zero attached hydrogens (tertiary/aromatic N) is 2. The molecule has 0 bridgehead atoms. The van der Waals surface area contributed by atoms with E-state index in [4.69, 9.17) is 21.1 Å². The van der Waals surface area contributed by atoms with Gasteiger partial charge in [0.1, 0.15) is 13.2 Å². The van der Waals surface area contributed by atoms with Crippen molar-refractivity contribution in [1.82, 2.24) is 5.43 Å². The normalized spacial score (nSPS) is 11.3. The van der Waals surface area contributed by atoms with Crippen LogP contribution >= 0.6 is 27.5 Å². The summed E-state index contributed by atoms with van der Waals surface area (Å²) in [6, 6.07) is 19.5. The first-order valence-electron chi connectivity index (χ1n) is 10.3. The van der Waals surface area contributed by atoms with E-state index in [-0.39, 0.29) is 10.7 Å². The van der Waals surface area contributed by atoms with Crippen LogP contribution in [0.25, 0.3) is 0 Å². The summed E-state index contributed by atoms with van der Waals surface area (Å²) in [7, 11) is -2.24. The summed E-state index contributed by atoms with van der Waals surface area (Å²) >= 11 is 9.59. The Morgan fingerprint density at radius 2 is 1.83 bits per heavy atom. The Kier molecular flexibility index (Phi) is 9.13. The minimum absolute atomic E-state index is 0.204. The number of hydrogen-bond acceptors (Lipinski definition) is 6. The van der Waals surface area contributed by atoms with Crippen LogP contribution < -0.4 is 19.2 Å². The summed E-state index contributed by atoms with van der Waals surface area (Å²) in [4.78, 5) is 12.4.